The quantitative estimate of drug-likeness (QED) is 0.657. The molecule has 1 nitrogen and oxygen atoms in total. The first kappa shape index (κ1) is 12.3. The molecule has 1 rings (SSSR count). The zero-order chi connectivity index (χ0) is 10.7. The van der Waals surface area contributed by atoms with Crippen LogP contribution in [0.15, 0.2) is 0 Å². The molecule has 0 saturated carbocycles. The first-order valence-corrected chi connectivity index (χ1v) is 6.21. The fourth-order valence-corrected chi connectivity index (χ4v) is 2.95. The predicted octanol–water partition coefficient (Wildman–Crippen LogP) is 3.70. The molecule has 0 spiro atoms. The Bertz CT molecular complexity index is 160. The summed E-state index contributed by atoms with van der Waals surface area (Å²) >= 11 is 6.18. The van der Waals surface area contributed by atoms with Crippen molar-refractivity contribution in [2.45, 2.75) is 52.0 Å². The second-order valence-electron chi connectivity index (χ2n) is 5.10. The van der Waals surface area contributed by atoms with Crippen molar-refractivity contribution in [1.82, 2.24) is 0 Å². The average Bonchev–Trinajstić information content (AvgIpc) is 2.02. The molecule has 2 heteroatoms. The molecule has 1 aliphatic heterocycles. The van der Waals surface area contributed by atoms with Gasteiger partial charge in [0, 0.05) is 12.0 Å². The topological polar surface area (TPSA) is 9.23 Å². The molecule has 0 amide bonds. The Morgan fingerprint density at radius 2 is 1.71 bits per heavy atom. The van der Waals surface area contributed by atoms with E-state index in [-0.39, 0.29) is 0 Å². The first-order valence-electron chi connectivity index (χ1n) is 5.78. The van der Waals surface area contributed by atoms with Gasteiger partial charge in [-0.2, -0.15) is 0 Å². The standard InChI is InChI=1S/C12H23ClO/c1-8(2)12(9(3)4)11-7-10(13)5-6-14-11/h8-12H,5-7H2,1-4H3. The average molecular weight is 219 g/mol. The van der Waals surface area contributed by atoms with Gasteiger partial charge in [-0.05, 0) is 30.6 Å². The van der Waals surface area contributed by atoms with Gasteiger partial charge in [0.25, 0.3) is 0 Å². The minimum absolute atomic E-state index is 0.328. The van der Waals surface area contributed by atoms with Crippen molar-refractivity contribution < 1.29 is 4.74 Å². The van der Waals surface area contributed by atoms with Gasteiger partial charge < -0.3 is 4.74 Å². The third kappa shape index (κ3) is 3.13. The van der Waals surface area contributed by atoms with Gasteiger partial charge in [0.15, 0.2) is 0 Å². The van der Waals surface area contributed by atoms with E-state index >= 15 is 0 Å². The highest BCUT2D eigenvalue weighted by Gasteiger charge is 2.32. The number of halogens is 1. The fourth-order valence-electron chi connectivity index (χ4n) is 2.68. The summed E-state index contributed by atoms with van der Waals surface area (Å²) in [6.45, 7) is 9.98. The molecular weight excluding hydrogens is 196 g/mol. The van der Waals surface area contributed by atoms with E-state index < -0.39 is 0 Å². The largest absolute Gasteiger partial charge is 0.378 e. The van der Waals surface area contributed by atoms with Gasteiger partial charge in [0.05, 0.1) is 6.10 Å². The highest BCUT2D eigenvalue weighted by Crippen LogP contribution is 2.32. The van der Waals surface area contributed by atoms with Crippen LogP contribution in [0.2, 0.25) is 0 Å². The second-order valence-corrected chi connectivity index (χ2v) is 5.71. The maximum absolute atomic E-state index is 6.18. The molecule has 2 unspecified atom stereocenters. The molecule has 0 aromatic carbocycles. The van der Waals surface area contributed by atoms with E-state index in [2.05, 4.69) is 27.7 Å². The van der Waals surface area contributed by atoms with E-state index in [1.165, 1.54) is 0 Å². The van der Waals surface area contributed by atoms with Gasteiger partial charge >= 0.3 is 0 Å². The SMILES string of the molecule is CC(C)C(C(C)C)C1CC(Cl)CCO1. The summed E-state index contributed by atoms with van der Waals surface area (Å²) in [5.41, 5.74) is 0. The molecule has 0 bridgehead atoms. The maximum Gasteiger partial charge on any atom is 0.0622 e. The molecule has 1 heterocycles. The number of rotatable bonds is 3. The summed E-state index contributed by atoms with van der Waals surface area (Å²) in [5, 5.41) is 0.328. The number of hydrogen-bond donors (Lipinski definition) is 0. The molecule has 1 aliphatic rings. The molecular formula is C12H23ClO. The molecule has 0 radical (unpaired) electrons. The summed E-state index contributed by atoms with van der Waals surface area (Å²) in [6, 6.07) is 0. The predicted molar refractivity (Wildman–Crippen MR) is 61.8 cm³/mol. The maximum atomic E-state index is 6.18. The first-order chi connectivity index (χ1) is 6.52. The van der Waals surface area contributed by atoms with Crippen LogP contribution in [-0.4, -0.2) is 18.1 Å². The molecule has 0 aromatic heterocycles. The Kier molecular flexibility index (Phi) is 4.72. The van der Waals surface area contributed by atoms with Crippen molar-refractivity contribution in [3.05, 3.63) is 0 Å². The summed E-state index contributed by atoms with van der Waals surface area (Å²) in [7, 11) is 0. The van der Waals surface area contributed by atoms with Crippen LogP contribution in [0.1, 0.15) is 40.5 Å². The van der Waals surface area contributed by atoms with Gasteiger partial charge in [-0.3, -0.25) is 0 Å². The summed E-state index contributed by atoms with van der Waals surface area (Å²) in [4.78, 5) is 0. The van der Waals surface area contributed by atoms with Gasteiger partial charge in [-0.1, -0.05) is 27.7 Å². The van der Waals surface area contributed by atoms with E-state index in [9.17, 15) is 0 Å². The van der Waals surface area contributed by atoms with Crippen LogP contribution in [0.25, 0.3) is 0 Å². The van der Waals surface area contributed by atoms with Crippen molar-refractivity contribution in [3.63, 3.8) is 0 Å². The monoisotopic (exact) mass is 218 g/mol. The molecule has 1 saturated heterocycles. The van der Waals surface area contributed by atoms with E-state index in [0.717, 1.165) is 19.4 Å². The Balaban J connectivity index is 2.58. The van der Waals surface area contributed by atoms with Crippen LogP contribution in [0.5, 0.6) is 0 Å². The summed E-state index contributed by atoms with van der Waals surface area (Å²) < 4.78 is 5.85. The van der Waals surface area contributed by atoms with Gasteiger partial charge in [-0.15, -0.1) is 11.6 Å². The number of hydrogen-bond acceptors (Lipinski definition) is 1. The minimum Gasteiger partial charge on any atom is -0.378 e. The number of ether oxygens (including phenoxy) is 1. The molecule has 84 valence electrons. The summed E-state index contributed by atoms with van der Waals surface area (Å²) in [6.07, 6.45) is 2.43. The molecule has 2 atom stereocenters. The highest BCUT2D eigenvalue weighted by atomic mass is 35.5. The van der Waals surface area contributed by atoms with Crippen LogP contribution in [-0.2, 0) is 4.74 Å². The van der Waals surface area contributed by atoms with Crippen LogP contribution in [0, 0.1) is 17.8 Å². The van der Waals surface area contributed by atoms with E-state index in [4.69, 9.17) is 16.3 Å². The van der Waals surface area contributed by atoms with Crippen LogP contribution in [0.4, 0.5) is 0 Å². The normalized spacial score (nSPS) is 29.1. The van der Waals surface area contributed by atoms with Crippen molar-refractivity contribution in [2.75, 3.05) is 6.61 Å². The minimum atomic E-state index is 0.328. The Morgan fingerprint density at radius 1 is 1.14 bits per heavy atom. The van der Waals surface area contributed by atoms with Crippen molar-refractivity contribution in [2.24, 2.45) is 17.8 Å². The molecule has 1 fully saturated rings. The highest BCUT2D eigenvalue weighted by molar-refractivity contribution is 6.20. The third-order valence-electron chi connectivity index (χ3n) is 3.22. The van der Waals surface area contributed by atoms with Crippen LogP contribution >= 0.6 is 11.6 Å². The molecule has 0 aromatic rings. The molecule has 0 N–H and O–H groups in total. The smallest absolute Gasteiger partial charge is 0.0622 e. The van der Waals surface area contributed by atoms with Gasteiger partial charge in [-0.25, -0.2) is 0 Å². The Hall–Kier alpha value is 0.250. The van der Waals surface area contributed by atoms with E-state index in [0.29, 0.717) is 29.2 Å². The number of alkyl halides is 1. The third-order valence-corrected chi connectivity index (χ3v) is 3.62. The lowest BCUT2D eigenvalue weighted by molar-refractivity contribution is -0.0460. The van der Waals surface area contributed by atoms with Gasteiger partial charge in [0.1, 0.15) is 0 Å². The van der Waals surface area contributed by atoms with E-state index in [1.807, 2.05) is 0 Å². The Morgan fingerprint density at radius 3 is 2.14 bits per heavy atom. The lowest BCUT2D eigenvalue weighted by Crippen LogP contribution is -2.37. The molecule has 14 heavy (non-hydrogen) atoms. The van der Waals surface area contributed by atoms with Gasteiger partial charge in [0.2, 0.25) is 0 Å². The van der Waals surface area contributed by atoms with Crippen molar-refractivity contribution >= 4 is 11.6 Å². The molecule has 0 aliphatic carbocycles. The van der Waals surface area contributed by atoms with E-state index in [1.54, 1.807) is 0 Å². The lowest BCUT2D eigenvalue weighted by Gasteiger charge is -2.37. The van der Waals surface area contributed by atoms with Crippen LogP contribution in [0.3, 0.4) is 0 Å². The zero-order valence-corrected chi connectivity index (χ0v) is 10.6. The Labute approximate surface area is 93.2 Å². The zero-order valence-electron chi connectivity index (χ0n) is 9.79. The van der Waals surface area contributed by atoms with Crippen molar-refractivity contribution in [1.29, 1.82) is 0 Å². The lowest BCUT2D eigenvalue weighted by atomic mass is 9.79. The van der Waals surface area contributed by atoms with Crippen LogP contribution < -0.4 is 0 Å². The summed E-state index contributed by atoms with van der Waals surface area (Å²) in [5.74, 6) is 2.01. The second kappa shape index (κ2) is 5.37. The van der Waals surface area contributed by atoms with Crippen molar-refractivity contribution in [3.8, 4) is 0 Å². The fraction of sp³-hybridized carbons (Fsp3) is 1.00.